The Labute approximate surface area is 584 Å². The summed E-state index contributed by atoms with van der Waals surface area (Å²) in [5, 5.41) is 81.7. The summed E-state index contributed by atoms with van der Waals surface area (Å²) in [6.07, 6.45) is -8.65. The molecule has 0 radical (unpaired) electrons. The first-order valence-corrected chi connectivity index (χ1v) is 32.2. The predicted molar refractivity (Wildman–Crippen MR) is 352 cm³/mol. The number of unbranched alkanes of at least 4 members (excludes halogenated alkanes) is 1. The van der Waals surface area contributed by atoms with Crippen molar-refractivity contribution in [1.82, 2.24) is 58.5 Å². The summed E-state index contributed by atoms with van der Waals surface area (Å²) >= 11 is 0. The molecule has 0 heterocycles. The zero-order valence-electron chi connectivity index (χ0n) is 57.2. The molecule has 0 saturated heterocycles. The summed E-state index contributed by atoms with van der Waals surface area (Å²) in [5.74, 6) is -28.4. The number of nitrogens with one attached hydrogen (secondary N) is 11. The van der Waals surface area contributed by atoms with Crippen LogP contribution in [0.4, 0.5) is 0 Å². The van der Waals surface area contributed by atoms with Crippen LogP contribution in [0.15, 0.2) is 4.99 Å². The van der Waals surface area contributed by atoms with Crippen molar-refractivity contribution < 1.29 is 122 Å². The third kappa shape index (κ3) is 36.3. The SMILES string of the molecule is CC[C@H](C)[C@H](NC(=O)[C@H](CCCN=C(N)N)NC(=O)[C@H](CCC(=O)O)NC(=O)[C@H](CC(N)=O)NC(=O)[C@H](CCC(=O)O)NC(=O)[C@H](CC(=O)O)NC(=O)[C@@H](N)CCC(=O)O)C(=O)N[C@H](C(=O)N[C@H](C(=O)N[C@@H](CC(=O)O)C(=O)N[C@@H](CC(N)=O)C(=O)N[C@@H](CCCCN)C(=O)O)C(C)C)C(C)C. The topological polar surface area (TPSA) is 747 Å². The highest BCUT2D eigenvalue weighted by Crippen LogP contribution is 2.15. The number of primary amides is 2. The Morgan fingerprint density at radius 3 is 1.00 bits per heavy atom. The van der Waals surface area contributed by atoms with Gasteiger partial charge in [0.2, 0.25) is 76.8 Å². The van der Waals surface area contributed by atoms with E-state index in [9.17, 15) is 117 Å². The third-order valence-corrected chi connectivity index (χ3v) is 15.1. The second kappa shape index (κ2) is 46.5. The highest BCUT2D eigenvalue weighted by Gasteiger charge is 2.40. The molecule has 0 aliphatic rings. The van der Waals surface area contributed by atoms with Gasteiger partial charge in [-0.15, -0.1) is 0 Å². The highest BCUT2D eigenvalue weighted by molar-refractivity contribution is 6.01. The molecular formula is C59H98N18O25. The summed E-state index contributed by atoms with van der Waals surface area (Å²) in [4.78, 5) is 251. The maximum atomic E-state index is 14.5. The molecule has 0 aliphatic carbocycles. The molecule has 102 heavy (non-hydrogen) atoms. The van der Waals surface area contributed by atoms with Crippen molar-refractivity contribution in [2.45, 2.75) is 217 Å². The van der Waals surface area contributed by atoms with Crippen LogP contribution in [0.3, 0.4) is 0 Å². The first-order valence-electron chi connectivity index (χ1n) is 32.2. The Balaban J connectivity index is 7.21. The average molecular weight is 1460 g/mol. The summed E-state index contributed by atoms with van der Waals surface area (Å²) in [6, 6.07) is -21.7. The quantitative estimate of drug-likeness (QED) is 0.0153. The number of carbonyl (C=O) groups is 19. The molecule has 0 spiro atoms. The number of aliphatic carboxylic acids is 6. The molecule has 0 bridgehead atoms. The number of nitrogens with two attached hydrogens (primary N) is 6. The van der Waals surface area contributed by atoms with Crippen molar-refractivity contribution >= 4 is 119 Å². The van der Waals surface area contributed by atoms with Crippen LogP contribution in [0.1, 0.15) is 144 Å². The van der Waals surface area contributed by atoms with Crippen LogP contribution in [-0.4, -0.2) is 235 Å². The van der Waals surface area contributed by atoms with Crippen LogP contribution in [0.25, 0.3) is 0 Å². The van der Waals surface area contributed by atoms with Gasteiger partial charge in [0.25, 0.3) is 0 Å². The van der Waals surface area contributed by atoms with Crippen molar-refractivity contribution in [3.8, 4) is 0 Å². The van der Waals surface area contributed by atoms with E-state index in [1.165, 1.54) is 34.6 Å². The standard InChI is InChI=1S/C59H98N18O25/c1-7-27(6)46(57(100)76-45(26(4)5)56(99)75-44(25(2)3)55(98)74-36(24-43(88)89)54(97)73-34(22-38(63)79)52(95)70-32(58(101)102)11-8-9-19-60)77-50(93)29(12-10-20-66-59(64)65)67-48(91)30(14-17-40(82)83)68-51(94)33(21-37(62)78)72-49(92)31(15-18-41(84)85)69-53(96)35(23-42(86)87)71-47(90)28(61)13-16-39(80)81/h25-36,44-46H,7-24,60-61H2,1-6H3,(H2,62,78)(H2,63,79)(H,67,91)(H,68,94)(H,69,96)(H,70,95)(H,71,90)(H,72,92)(H,73,97)(H,74,98)(H,75,99)(H,76,100)(H,77,93)(H,80,81)(H,82,83)(H,84,85)(H,86,87)(H,88,89)(H,101,102)(H4,64,65,66)/t27-,28-,29-,30-,31-,32-,33-,34-,35-,36-,44-,45-,46-/m0/s1. The number of carboxylic acids is 6. The van der Waals surface area contributed by atoms with Crippen LogP contribution in [-0.2, 0) is 91.1 Å². The van der Waals surface area contributed by atoms with Gasteiger partial charge < -0.3 is 124 Å². The maximum absolute atomic E-state index is 14.5. The maximum Gasteiger partial charge on any atom is 0.326 e. The van der Waals surface area contributed by atoms with E-state index in [4.69, 9.17) is 39.5 Å². The molecule has 0 aliphatic heterocycles. The van der Waals surface area contributed by atoms with E-state index in [-0.39, 0.29) is 45.2 Å². The molecule has 0 fully saturated rings. The van der Waals surface area contributed by atoms with Crippen LogP contribution >= 0.6 is 0 Å². The first kappa shape index (κ1) is 91.1. The summed E-state index contributed by atoms with van der Waals surface area (Å²) in [7, 11) is 0. The fourth-order valence-corrected chi connectivity index (χ4v) is 9.28. The van der Waals surface area contributed by atoms with E-state index in [1.54, 1.807) is 6.92 Å². The molecule has 0 aromatic carbocycles. The molecule has 29 N–H and O–H groups in total. The Kier molecular flexibility index (Phi) is 41.5. The fourth-order valence-electron chi connectivity index (χ4n) is 9.28. The highest BCUT2D eigenvalue weighted by atomic mass is 16.4. The Hall–Kier alpha value is -10.9. The molecular weight excluding hydrogens is 1360 g/mol. The number of guanidine groups is 1. The molecule has 13 amide bonds. The molecule has 0 aromatic heterocycles. The number of hydrogen-bond acceptors (Lipinski definition) is 22. The van der Waals surface area contributed by atoms with Crippen molar-refractivity contribution in [3.05, 3.63) is 0 Å². The molecule has 13 atom stereocenters. The minimum atomic E-state index is -2.15. The number of hydrogen-bond donors (Lipinski definition) is 23. The van der Waals surface area contributed by atoms with Crippen LogP contribution < -0.4 is 92.9 Å². The van der Waals surface area contributed by atoms with Crippen molar-refractivity contribution in [2.24, 2.45) is 57.1 Å². The lowest BCUT2D eigenvalue weighted by Crippen LogP contribution is -2.62. The van der Waals surface area contributed by atoms with Gasteiger partial charge in [0.05, 0.1) is 31.7 Å². The largest absolute Gasteiger partial charge is 0.481 e. The van der Waals surface area contributed by atoms with Gasteiger partial charge in [-0.05, 0) is 75.7 Å². The van der Waals surface area contributed by atoms with Gasteiger partial charge in [0.1, 0.15) is 66.5 Å². The number of carboxylic acid groups (broad SMARTS) is 6. The second-order valence-electron chi connectivity index (χ2n) is 24.3. The van der Waals surface area contributed by atoms with Gasteiger partial charge in [-0.3, -0.25) is 91.3 Å². The molecule has 0 unspecified atom stereocenters. The fraction of sp³-hybridized carbons (Fsp3) is 0.661. The van der Waals surface area contributed by atoms with Crippen molar-refractivity contribution in [3.63, 3.8) is 0 Å². The third-order valence-electron chi connectivity index (χ3n) is 15.1. The van der Waals surface area contributed by atoms with Gasteiger partial charge in [0.15, 0.2) is 5.96 Å². The van der Waals surface area contributed by atoms with Gasteiger partial charge in [-0.2, -0.15) is 0 Å². The summed E-state index contributed by atoms with van der Waals surface area (Å²) in [5.41, 5.74) is 32.8. The number of nitrogens with zero attached hydrogens (tertiary/aromatic N) is 1. The van der Waals surface area contributed by atoms with Gasteiger partial charge in [0, 0.05) is 25.8 Å². The Morgan fingerprint density at radius 1 is 0.343 bits per heavy atom. The normalized spacial score (nSPS) is 14.8. The molecule has 0 rings (SSSR count). The molecule has 0 saturated carbocycles. The number of amides is 13. The number of carbonyl (C=O) groups excluding carboxylic acids is 13. The molecule has 43 heteroatoms. The van der Waals surface area contributed by atoms with Crippen LogP contribution in [0.5, 0.6) is 0 Å². The lowest BCUT2D eigenvalue weighted by atomic mass is 9.95. The molecule has 43 nitrogen and oxygen atoms in total. The van der Waals surface area contributed by atoms with E-state index < -0.39 is 273 Å². The van der Waals surface area contributed by atoms with E-state index in [0.717, 1.165) is 0 Å². The Bertz CT molecular complexity index is 3040. The predicted octanol–water partition coefficient (Wildman–Crippen LogP) is -8.43. The molecule has 574 valence electrons. The molecule has 0 aromatic rings. The van der Waals surface area contributed by atoms with E-state index in [2.05, 4.69) is 52.8 Å². The van der Waals surface area contributed by atoms with Gasteiger partial charge in [-0.25, -0.2) is 4.79 Å². The van der Waals surface area contributed by atoms with E-state index >= 15 is 0 Å². The minimum absolute atomic E-state index is 0.110. The minimum Gasteiger partial charge on any atom is -0.481 e. The van der Waals surface area contributed by atoms with Gasteiger partial charge in [-0.1, -0.05) is 48.0 Å². The second-order valence-corrected chi connectivity index (χ2v) is 24.3. The Morgan fingerprint density at radius 2 is 0.647 bits per heavy atom. The van der Waals surface area contributed by atoms with Crippen molar-refractivity contribution in [1.29, 1.82) is 0 Å². The first-order chi connectivity index (χ1) is 47.5. The number of aliphatic imine (C=N–C) groups is 1. The number of rotatable bonds is 52. The van der Waals surface area contributed by atoms with E-state index in [1.807, 2.05) is 10.6 Å². The average Bonchev–Trinajstić information content (AvgIpc) is 0.848. The van der Waals surface area contributed by atoms with Crippen LogP contribution in [0, 0.1) is 17.8 Å². The van der Waals surface area contributed by atoms with Crippen LogP contribution in [0.2, 0.25) is 0 Å². The zero-order chi connectivity index (χ0) is 78.4. The zero-order valence-corrected chi connectivity index (χ0v) is 57.2. The van der Waals surface area contributed by atoms with E-state index in [0.29, 0.717) is 6.42 Å². The smallest absolute Gasteiger partial charge is 0.326 e. The van der Waals surface area contributed by atoms with Gasteiger partial charge >= 0.3 is 35.8 Å². The monoisotopic (exact) mass is 1460 g/mol. The summed E-state index contributed by atoms with van der Waals surface area (Å²) < 4.78 is 0. The van der Waals surface area contributed by atoms with Crippen molar-refractivity contribution in [2.75, 3.05) is 13.1 Å². The summed E-state index contributed by atoms with van der Waals surface area (Å²) in [6.45, 7) is 8.95. The lowest BCUT2D eigenvalue weighted by molar-refractivity contribution is -0.144. The lowest BCUT2D eigenvalue weighted by Gasteiger charge is -2.31.